The van der Waals surface area contributed by atoms with Gasteiger partial charge in [-0.15, -0.1) is 0 Å². The lowest BCUT2D eigenvalue weighted by Crippen LogP contribution is -2.45. The van der Waals surface area contributed by atoms with Gasteiger partial charge in [0.1, 0.15) is 17.9 Å². The van der Waals surface area contributed by atoms with E-state index < -0.39 is 23.3 Å². The predicted octanol–water partition coefficient (Wildman–Crippen LogP) is 3.73. The van der Waals surface area contributed by atoms with Crippen LogP contribution in [-0.4, -0.2) is 41.2 Å². The number of unbranched alkanes of at least 4 members (excludes halogenated alkanes) is 1. The number of carbonyl (C=O) groups excluding carboxylic acids is 3. The number of imide groups is 1. The molecule has 3 rings (SSSR count). The zero-order valence-corrected chi connectivity index (χ0v) is 18.2. The molecule has 0 aliphatic carbocycles. The van der Waals surface area contributed by atoms with Gasteiger partial charge in [-0.2, -0.15) is 0 Å². The minimum atomic E-state index is -1.28. The molecule has 0 radical (unpaired) electrons. The number of aryl methyl sites for hydroxylation is 1. The summed E-state index contributed by atoms with van der Waals surface area (Å²) < 4.78 is 13.4. The summed E-state index contributed by atoms with van der Waals surface area (Å²) >= 11 is 0. The van der Waals surface area contributed by atoms with Crippen LogP contribution in [0.25, 0.3) is 0 Å². The van der Waals surface area contributed by atoms with E-state index in [4.69, 9.17) is 0 Å². The van der Waals surface area contributed by atoms with Gasteiger partial charge >= 0.3 is 6.03 Å². The van der Waals surface area contributed by atoms with Gasteiger partial charge in [-0.25, -0.2) is 9.18 Å². The average molecular weight is 426 g/mol. The predicted molar refractivity (Wildman–Crippen MR) is 116 cm³/mol. The van der Waals surface area contributed by atoms with Gasteiger partial charge in [0, 0.05) is 13.6 Å². The van der Waals surface area contributed by atoms with E-state index in [0.29, 0.717) is 24.9 Å². The molecule has 164 valence electrons. The van der Waals surface area contributed by atoms with E-state index in [1.54, 1.807) is 7.05 Å². The number of nitrogens with zero attached hydrogens (tertiary/aromatic N) is 2. The van der Waals surface area contributed by atoms with Crippen LogP contribution in [0.3, 0.4) is 0 Å². The number of benzene rings is 2. The summed E-state index contributed by atoms with van der Waals surface area (Å²) in [6.45, 7) is 4.01. The Bertz CT molecular complexity index is 959. The summed E-state index contributed by atoms with van der Waals surface area (Å²) in [6, 6.07) is 12.8. The third-order valence-electron chi connectivity index (χ3n) is 5.68. The highest BCUT2D eigenvalue weighted by Crippen LogP contribution is 2.34. The second-order valence-electron chi connectivity index (χ2n) is 8.07. The Hall–Kier alpha value is -3.22. The maximum Gasteiger partial charge on any atom is 0.325 e. The van der Waals surface area contributed by atoms with Gasteiger partial charge in [0.05, 0.1) is 0 Å². The Balaban J connectivity index is 1.77. The van der Waals surface area contributed by atoms with Crippen LogP contribution < -0.4 is 5.32 Å². The van der Waals surface area contributed by atoms with Gasteiger partial charge in [-0.05, 0) is 36.6 Å². The summed E-state index contributed by atoms with van der Waals surface area (Å²) in [7, 11) is 1.64. The number of nitrogens with one attached hydrogen (secondary N) is 1. The second kappa shape index (κ2) is 9.29. The van der Waals surface area contributed by atoms with Crippen molar-refractivity contribution in [2.24, 2.45) is 0 Å². The minimum absolute atomic E-state index is 0.338. The first-order valence-electron chi connectivity index (χ1n) is 10.5. The van der Waals surface area contributed by atoms with Gasteiger partial charge < -0.3 is 10.2 Å². The van der Waals surface area contributed by atoms with E-state index in [2.05, 4.69) is 5.32 Å². The van der Waals surface area contributed by atoms with Crippen molar-refractivity contribution in [3.63, 3.8) is 0 Å². The van der Waals surface area contributed by atoms with E-state index >= 15 is 0 Å². The lowest BCUT2D eigenvalue weighted by atomic mass is 9.85. The van der Waals surface area contributed by atoms with Crippen molar-refractivity contribution in [3.8, 4) is 0 Å². The van der Waals surface area contributed by atoms with Gasteiger partial charge in [-0.3, -0.25) is 14.5 Å². The van der Waals surface area contributed by atoms with Gasteiger partial charge in [0.25, 0.3) is 5.91 Å². The second-order valence-corrected chi connectivity index (χ2v) is 8.07. The van der Waals surface area contributed by atoms with Crippen molar-refractivity contribution in [2.75, 3.05) is 13.6 Å². The molecule has 0 saturated carbocycles. The third-order valence-corrected chi connectivity index (χ3v) is 5.68. The zero-order chi connectivity index (χ0) is 22.6. The van der Waals surface area contributed by atoms with Crippen LogP contribution in [0.5, 0.6) is 0 Å². The van der Waals surface area contributed by atoms with Crippen LogP contribution >= 0.6 is 0 Å². The largest absolute Gasteiger partial charge is 0.340 e. The first kappa shape index (κ1) is 22.5. The number of amides is 4. The number of urea groups is 1. The van der Waals surface area contributed by atoms with Crippen molar-refractivity contribution < 1.29 is 18.8 Å². The van der Waals surface area contributed by atoms with Gasteiger partial charge in [-0.1, -0.05) is 61.7 Å². The van der Waals surface area contributed by atoms with Crippen LogP contribution in [-0.2, 0) is 21.7 Å². The van der Waals surface area contributed by atoms with Crippen molar-refractivity contribution in [3.05, 3.63) is 71.0 Å². The Morgan fingerprint density at radius 1 is 1.10 bits per heavy atom. The molecule has 0 aromatic heterocycles. The van der Waals surface area contributed by atoms with E-state index in [-0.39, 0.29) is 12.5 Å². The molecule has 1 N–H and O–H groups in total. The minimum Gasteiger partial charge on any atom is -0.340 e. The van der Waals surface area contributed by atoms with E-state index in [9.17, 15) is 18.8 Å². The smallest absolute Gasteiger partial charge is 0.325 e. The molecule has 1 fully saturated rings. The monoisotopic (exact) mass is 425 g/mol. The maximum atomic E-state index is 13.4. The fraction of sp³-hybridized carbons (Fsp3) is 0.375. The van der Waals surface area contributed by atoms with Crippen molar-refractivity contribution in [1.29, 1.82) is 0 Å². The molecule has 4 amide bonds. The molecule has 1 aliphatic heterocycles. The molecule has 2 aromatic carbocycles. The Morgan fingerprint density at radius 2 is 1.74 bits per heavy atom. The fourth-order valence-electron chi connectivity index (χ4n) is 3.77. The zero-order valence-electron chi connectivity index (χ0n) is 18.2. The molecule has 2 aromatic rings. The van der Waals surface area contributed by atoms with Crippen LogP contribution in [0.1, 0.15) is 42.9 Å². The Labute approximate surface area is 182 Å². The van der Waals surface area contributed by atoms with Gasteiger partial charge in [0.15, 0.2) is 0 Å². The average Bonchev–Trinajstić information content (AvgIpc) is 2.99. The lowest BCUT2D eigenvalue weighted by Gasteiger charge is -2.27. The highest BCUT2D eigenvalue weighted by molar-refractivity contribution is 6.09. The van der Waals surface area contributed by atoms with E-state index in [0.717, 1.165) is 22.4 Å². The summed E-state index contributed by atoms with van der Waals surface area (Å²) in [5, 5.41) is 2.78. The summed E-state index contributed by atoms with van der Waals surface area (Å²) in [5.41, 5.74) is 1.32. The highest BCUT2D eigenvalue weighted by Gasteiger charge is 2.52. The van der Waals surface area contributed by atoms with E-state index in [1.807, 2.05) is 38.1 Å². The molecule has 1 saturated heterocycles. The topological polar surface area (TPSA) is 69.7 Å². The van der Waals surface area contributed by atoms with Crippen molar-refractivity contribution in [1.82, 2.24) is 15.1 Å². The SMILES string of the molecule is CCCCC1(c2ccc(F)cc2)NC(=O)N(CC(=O)N(C)Cc2ccc(C)cc2)C1=O. The summed E-state index contributed by atoms with van der Waals surface area (Å²) in [6.07, 6.45) is 1.90. The lowest BCUT2D eigenvalue weighted by molar-refractivity contribution is -0.139. The van der Waals surface area contributed by atoms with Gasteiger partial charge in [0.2, 0.25) is 5.91 Å². The fourth-order valence-corrected chi connectivity index (χ4v) is 3.77. The molecule has 1 unspecified atom stereocenters. The summed E-state index contributed by atoms with van der Waals surface area (Å²) in [5.74, 6) is -1.24. The number of likely N-dealkylation sites (N-methyl/N-ethyl adjacent to an activating group) is 1. The number of hydrogen-bond donors (Lipinski definition) is 1. The number of carbonyl (C=O) groups is 3. The normalized spacial score (nSPS) is 18.3. The van der Waals surface area contributed by atoms with Crippen molar-refractivity contribution in [2.45, 2.75) is 45.2 Å². The Morgan fingerprint density at radius 3 is 2.35 bits per heavy atom. The highest BCUT2D eigenvalue weighted by atomic mass is 19.1. The first-order chi connectivity index (χ1) is 14.8. The number of hydrogen-bond acceptors (Lipinski definition) is 3. The molecule has 0 bridgehead atoms. The van der Waals surface area contributed by atoms with Crippen molar-refractivity contribution >= 4 is 17.8 Å². The number of rotatable bonds is 8. The van der Waals surface area contributed by atoms with Crippen LogP contribution in [0.4, 0.5) is 9.18 Å². The molecule has 1 atom stereocenters. The first-order valence-corrected chi connectivity index (χ1v) is 10.5. The molecule has 0 spiro atoms. The molecule has 6 nitrogen and oxygen atoms in total. The molecule has 1 heterocycles. The van der Waals surface area contributed by atoms with E-state index in [1.165, 1.54) is 29.2 Å². The molecular formula is C24H28FN3O3. The number of halogens is 1. The third kappa shape index (κ3) is 4.76. The molecule has 7 heteroatoms. The van der Waals surface area contributed by atoms with Crippen LogP contribution in [0, 0.1) is 12.7 Å². The quantitative estimate of drug-likeness (QED) is 0.655. The van der Waals surface area contributed by atoms with Crippen LogP contribution in [0.15, 0.2) is 48.5 Å². The summed E-state index contributed by atoms with van der Waals surface area (Å²) in [4.78, 5) is 41.3. The standard InChI is InChI=1S/C24H28FN3O3/c1-4-5-14-24(19-10-12-20(25)13-11-19)22(30)28(23(31)26-24)16-21(29)27(3)15-18-8-6-17(2)7-9-18/h6-13H,4-5,14-16H2,1-3H3,(H,26,31). The molecule has 1 aliphatic rings. The van der Waals surface area contributed by atoms with Crippen LogP contribution in [0.2, 0.25) is 0 Å². The molecule has 31 heavy (non-hydrogen) atoms. The molecular weight excluding hydrogens is 397 g/mol. The Kier molecular flexibility index (Phi) is 6.73. The maximum absolute atomic E-state index is 13.4.